The van der Waals surface area contributed by atoms with Crippen molar-refractivity contribution in [1.29, 1.82) is 0 Å². The third-order valence-electron chi connectivity index (χ3n) is 3.02. The van der Waals surface area contributed by atoms with Crippen LogP contribution in [-0.4, -0.2) is 22.3 Å². The van der Waals surface area contributed by atoms with Crippen molar-refractivity contribution in [3.63, 3.8) is 0 Å². The van der Waals surface area contributed by atoms with Crippen molar-refractivity contribution < 1.29 is 9.18 Å². The average Bonchev–Trinajstić information content (AvgIpc) is 2.79. The Hall–Kier alpha value is -2.37. The van der Waals surface area contributed by atoms with Gasteiger partial charge in [-0.05, 0) is 44.5 Å². The zero-order chi connectivity index (χ0) is 15.4. The number of nitrogens with zero attached hydrogens (tertiary/aromatic N) is 1. The number of halogens is 1. The normalized spacial score (nSPS) is 12.0. The molecule has 1 atom stereocenters. The zero-order valence-electron chi connectivity index (χ0n) is 12.3. The van der Waals surface area contributed by atoms with Crippen LogP contribution in [0, 0.1) is 19.7 Å². The highest BCUT2D eigenvalue weighted by Gasteiger charge is 2.11. The molecule has 1 heterocycles. The first-order chi connectivity index (χ1) is 9.94. The molecule has 3 N–H and O–H groups in total. The van der Waals surface area contributed by atoms with E-state index in [-0.39, 0.29) is 11.7 Å². The molecule has 0 unspecified atom stereocenters. The first-order valence-electron chi connectivity index (χ1n) is 6.78. The minimum absolute atomic E-state index is 0.111. The number of carbonyl (C=O) groups is 1. The van der Waals surface area contributed by atoms with Gasteiger partial charge in [-0.1, -0.05) is 6.07 Å². The topological polar surface area (TPSA) is 69.8 Å². The quantitative estimate of drug-likeness (QED) is 0.810. The van der Waals surface area contributed by atoms with Gasteiger partial charge in [-0.2, -0.15) is 5.10 Å². The zero-order valence-corrected chi connectivity index (χ0v) is 12.3. The lowest BCUT2D eigenvalue weighted by Crippen LogP contribution is -2.37. The van der Waals surface area contributed by atoms with E-state index in [1.807, 2.05) is 26.8 Å². The number of aromatic amines is 1. The van der Waals surface area contributed by atoms with Crippen LogP contribution in [0.3, 0.4) is 0 Å². The summed E-state index contributed by atoms with van der Waals surface area (Å²) in [7, 11) is 0. The third-order valence-corrected chi connectivity index (χ3v) is 3.02. The number of anilines is 1. The maximum atomic E-state index is 13.6. The van der Waals surface area contributed by atoms with E-state index in [1.165, 1.54) is 6.07 Å². The summed E-state index contributed by atoms with van der Waals surface area (Å²) in [5.74, 6) is -0.452. The highest BCUT2D eigenvalue weighted by molar-refractivity contribution is 5.89. The van der Waals surface area contributed by atoms with Crippen molar-refractivity contribution >= 4 is 11.7 Å². The molecule has 2 aromatic rings. The summed E-state index contributed by atoms with van der Waals surface area (Å²) in [4.78, 5) is 11.9. The largest absolute Gasteiger partial charge is 0.335 e. The van der Waals surface area contributed by atoms with Crippen LogP contribution in [0.1, 0.15) is 23.9 Å². The first kappa shape index (κ1) is 15.0. The molecule has 1 aromatic carbocycles. The fourth-order valence-corrected chi connectivity index (χ4v) is 2.06. The van der Waals surface area contributed by atoms with E-state index in [0.29, 0.717) is 6.42 Å². The Morgan fingerprint density at radius 2 is 2.14 bits per heavy atom. The van der Waals surface area contributed by atoms with Crippen molar-refractivity contribution in [1.82, 2.24) is 15.5 Å². The maximum Gasteiger partial charge on any atom is 0.319 e. The van der Waals surface area contributed by atoms with Crippen LogP contribution in [0.15, 0.2) is 24.3 Å². The van der Waals surface area contributed by atoms with Crippen molar-refractivity contribution in [2.45, 2.75) is 33.2 Å². The Morgan fingerprint density at radius 3 is 2.81 bits per heavy atom. The molecule has 21 heavy (non-hydrogen) atoms. The number of aromatic nitrogens is 2. The molecule has 112 valence electrons. The van der Waals surface area contributed by atoms with Crippen LogP contribution in [0.25, 0.3) is 0 Å². The second-order valence-corrected chi connectivity index (χ2v) is 5.23. The summed E-state index contributed by atoms with van der Waals surface area (Å²) in [6.45, 7) is 5.63. The van der Waals surface area contributed by atoms with Crippen LogP contribution in [0.2, 0.25) is 0 Å². The number of carbonyl (C=O) groups excluding carboxylic acids is 1. The number of hydrogen-bond donors (Lipinski definition) is 3. The minimum Gasteiger partial charge on any atom is -0.335 e. The number of amides is 2. The van der Waals surface area contributed by atoms with Gasteiger partial charge in [0.25, 0.3) is 0 Å². The predicted octanol–water partition coefficient (Wildman–Crippen LogP) is 2.92. The highest BCUT2D eigenvalue weighted by Crippen LogP contribution is 2.15. The van der Waals surface area contributed by atoms with Gasteiger partial charge in [-0.25, -0.2) is 9.18 Å². The molecule has 0 fully saturated rings. The third kappa shape index (κ3) is 4.30. The number of H-pyrrole nitrogens is 1. The summed E-state index contributed by atoms with van der Waals surface area (Å²) in [5, 5.41) is 12.3. The Labute approximate surface area is 123 Å². The van der Waals surface area contributed by atoms with Crippen molar-refractivity contribution in [3.8, 4) is 0 Å². The molecule has 1 aromatic heterocycles. The molecule has 0 radical (unpaired) electrons. The van der Waals surface area contributed by atoms with Gasteiger partial charge in [-0.15, -0.1) is 0 Å². The number of hydrogen-bond acceptors (Lipinski definition) is 2. The number of nitrogens with one attached hydrogen (secondary N) is 3. The van der Waals surface area contributed by atoms with Crippen molar-refractivity contribution in [3.05, 3.63) is 47.0 Å². The number of rotatable bonds is 4. The Balaban J connectivity index is 1.90. The lowest BCUT2D eigenvalue weighted by molar-refractivity contribution is 0.249. The smallest absolute Gasteiger partial charge is 0.319 e. The van der Waals surface area contributed by atoms with Crippen LogP contribution < -0.4 is 10.6 Å². The van der Waals surface area contributed by atoms with Gasteiger partial charge in [0.15, 0.2) is 0 Å². The van der Waals surface area contributed by atoms with E-state index >= 15 is 0 Å². The lowest BCUT2D eigenvalue weighted by Gasteiger charge is -2.14. The molecule has 0 spiro atoms. The summed E-state index contributed by atoms with van der Waals surface area (Å²) in [6, 6.07) is 5.97. The van der Waals surface area contributed by atoms with E-state index in [0.717, 1.165) is 17.0 Å². The van der Waals surface area contributed by atoms with E-state index in [4.69, 9.17) is 0 Å². The van der Waals surface area contributed by atoms with Gasteiger partial charge in [0, 0.05) is 18.2 Å². The van der Waals surface area contributed by atoms with E-state index in [9.17, 15) is 9.18 Å². The van der Waals surface area contributed by atoms with Crippen LogP contribution in [0.5, 0.6) is 0 Å². The number of urea groups is 1. The fraction of sp³-hybridized carbons (Fsp3) is 0.333. The molecular weight excluding hydrogens is 271 g/mol. The molecule has 6 heteroatoms. The number of aryl methyl sites for hydroxylation is 2. The van der Waals surface area contributed by atoms with Crippen molar-refractivity contribution in [2.75, 3.05) is 5.32 Å². The van der Waals surface area contributed by atoms with Crippen molar-refractivity contribution in [2.24, 2.45) is 0 Å². The van der Waals surface area contributed by atoms with E-state index < -0.39 is 11.8 Å². The molecule has 2 amide bonds. The van der Waals surface area contributed by atoms with Crippen LogP contribution >= 0.6 is 0 Å². The Bertz CT molecular complexity index is 638. The summed E-state index contributed by atoms with van der Waals surface area (Å²) < 4.78 is 13.6. The molecule has 0 saturated carbocycles. The van der Waals surface area contributed by atoms with Gasteiger partial charge in [-0.3, -0.25) is 5.10 Å². The molecule has 0 bridgehead atoms. The van der Waals surface area contributed by atoms with Crippen LogP contribution in [-0.2, 0) is 6.42 Å². The maximum absolute atomic E-state index is 13.6. The van der Waals surface area contributed by atoms with Gasteiger partial charge in [0.05, 0.1) is 11.4 Å². The highest BCUT2D eigenvalue weighted by atomic mass is 19.1. The molecule has 0 saturated heterocycles. The Kier molecular flexibility index (Phi) is 4.57. The first-order valence-corrected chi connectivity index (χ1v) is 6.78. The molecule has 0 aliphatic carbocycles. The van der Waals surface area contributed by atoms with Gasteiger partial charge in [0.1, 0.15) is 5.82 Å². The second kappa shape index (κ2) is 6.39. The van der Waals surface area contributed by atoms with E-state index in [1.54, 1.807) is 12.1 Å². The molecule has 0 aliphatic rings. The van der Waals surface area contributed by atoms with Gasteiger partial charge < -0.3 is 10.6 Å². The molecule has 5 nitrogen and oxygen atoms in total. The summed E-state index contributed by atoms with van der Waals surface area (Å²) in [6.07, 6.45) is 0.605. The summed E-state index contributed by atoms with van der Waals surface area (Å²) in [5.41, 5.74) is 2.91. The predicted molar refractivity (Wildman–Crippen MR) is 79.8 cm³/mol. The standard InChI is InChI=1S/C15H19FN4O/c1-9-4-5-13(16)14(6-9)18-15(21)17-10(2)7-12-8-11(3)19-20-12/h4-6,8,10H,7H2,1-3H3,(H,19,20)(H2,17,18,21)/t10-/m1/s1. The monoisotopic (exact) mass is 290 g/mol. The molecular formula is C15H19FN4O. The van der Waals surface area contributed by atoms with Gasteiger partial charge in [0.2, 0.25) is 0 Å². The number of benzene rings is 1. The minimum atomic E-state index is -0.452. The van der Waals surface area contributed by atoms with Crippen LogP contribution in [0.4, 0.5) is 14.9 Å². The van der Waals surface area contributed by atoms with E-state index in [2.05, 4.69) is 20.8 Å². The average molecular weight is 290 g/mol. The van der Waals surface area contributed by atoms with Gasteiger partial charge >= 0.3 is 6.03 Å². The second-order valence-electron chi connectivity index (χ2n) is 5.23. The Morgan fingerprint density at radius 1 is 1.38 bits per heavy atom. The lowest BCUT2D eigenvalue weighted by atomic mass is 10.2. The molecule has 0 aliphatic heterocycles. The fourth-order valence-electron chi connectivity index (χ4n) is 2.06. The SMILES string of the molecule is Cc1ccc(F)c(NC(=O)N[C@H](C)Cc2cc(C)[nH]n2)c1. The summed E-state index contributed by atoms with van der Waals surface area (Å²) >= 11 is 0. The molecule has 2 rings (SSSR count).